The number of fused-ring (bicyclic) bond motifs is 4. The van der Waals surface area contributed by atoms with Gasteiger partial charge in [-0.1, -0.05) is 35.4 Å². The Morgan fingerprint density at radius 1 is 1.00 bits per heavy atom. The van der Waals surface area contributed by atoms with E-state index in [0.717, 1.165) is 16.5 Å². The van der Waals surface area contributed by atoms with Crippen LogP contribution in [0.3, 0.4) is 0 Å². The topological polar surface area (TPSA) is 95.0 Å². The number of aromatic hydroxyl groups is 1. The van der Waals surface area contributed by atoms with E-state index in [0.29, 0.717) is 12.0 Å². The molecule has 208 valence electrons. The monoisotopic (exact) mass is 564 g/mol. The van der Waals surface area contributed by atoms with Crippen LogP contribution in [-0.2, 0) is 19.2 Å². The van der Waals surface area contributed by atoms with Crippen LogP contribution in [0.5, 0.6) is 5.75 Å². The van der Waals surface area contributed by atoms with Gasteiger partial charge in [0.15, 0.2) is 0 Å². The number of hydrogen-bond donors (Lipinski definition) is 1. The van der Waals surface area contributed by atoms with Crippen molar-refractivity contribution in [2.45, 2.75) is 52.0 Å². The largest absolute Gasteiger partial charge is 0.508 e. The first-order valence-electron chi connectivity index (χ1n) is 13.5. The fourth-order valence-corrected chi connectivity index (χ4v) is 7.81. The van der Waals surface area contributed by atoms with Gasteiger partial charge in [-0.3, -0.25) is 24.1 Å². The van der Waals surface area contributed by atoms with Gasteiger partial charge in [0.2, 0.25) is 23.6 Å². The van der Waals surface area contributed by atoms with E-state index in [4.69, 9.17) is 11.6 Å². The number of nitrogens with zero attached hydrogens (tertiary/aromatic N) is 2. The van der Waals surface area contributed by atoms with E-state index >= 15 is 0 Å². The number of benzene rings is 2. The van der Waals surface area contributed by atoms with Crippen LogP contribution < -0.4 is 4.90 Å². The quantitative estimate of drug-likeness (QED) is 0.399. The summed E-state index contributed by atoms with van der Waals surface area (Å²) < 4.78 is 14.0. The number of halogens is 2. The highest BCUT2D eigenvalue weighted by molar-refractivity contribution is 6.31. The fraction of sp³-hybridized carbons (Fsp3) is 0.419. The predicted molar refractivity (Wildman–Crippen MR) is 146 cm³/mol. The van der Waals surface area contributed by atoms with Gasteiger partial charge in [-0.2, -0.15) is 0 Å². The van der Waals surface area contributed by atoms with E-state index in [-0.39, 0.29) is 34.7 Å². The number of anilines is 1. The molecule has 2 aromatic rings. The summed E-state index contributed by atoms with van der Waals surface area (Å²) in [6.07, 6.45) is 2.53. The molecule has 2 aliphatic carbocycles. The molecular weight excluding hydrogens is 535 g/mol. The molecule has 0 aromatic heterocycles. The van der Waals surface area contributed by atoms with E-state index < -0.39 is 58.2 Å². The zero-order valence-corrected chi connectivity index (χ0v) is 23.4. The van der Waals surface area contributed by atoms with E-state index in [9.17, 15) is 28.7 Å². The normalized spacial score (nSPS) is 31.8. The number of likely N-dealkylation sites (tertiary alicyclic amines) is 1. The van der Waals surface area contributed by atoms with Crippen molar-refractivity contribution < 1.29 is 28.7 Å². The molecule has 6 unspecified atom stereocenters. The molecule has 40 heavy (non-hydrogen) atoms. The van der Waals surface area contributed by atoms with Crippen LogP contribution in [-0.4, -0.2) is 39.2 Å². The molecule has 3 fully saturated rings. The maximum Gasteiger partial charge on any atom is 0.241 e. The van der Waals surface area contributed by atoms with Gasteiger partial charge in [-0.05, 0) is 82.3 Å². The Morgan fingerprint density at radius 3 is 2.38 bits per heavy atom. The van der Waals surface area contributed by atoms with Crippen LogP contribution in [0.25, 0.3) is 0 Å². The van der Waals surface area contributed by atoms with Crippen molar-refractivity contribution in [1.29, 1.82) is 0 Å². The smallest absolute Gasteiger partial charge is 0.241 e. The number of imide groups is 2. The van der Waals surface area contributed by atoms with Crippen LogP contribution in [0.2, 0.25) is 5.02 Å². The number of carbonyl (C=O) groups excluding carboxylic acids is 4. The number of carbonyl (C=O) groups is 4. The SMILES string of the molecule is CC12C(=O)N(c3ccc(F)c(Cl)c3)C(=O)C1CC1C(=CCC3C(=O)N(C(C)(C)C)C(=O)C31)C2c1cccc(O)c1. The van der Waals surface area contributed by atoms with E-state index in [1.807, 2.05) is 26.8 Å². The van der Waals surface area contributed by atoms with Gasteiger partial charge in [0, 0.05) is 11.5 Å². The summed E-state index contributed by atoms with van der Waals surface area (Å²) in [5.41, 5.74) is -0.297. The highest BCUT2D eigenvalue weighted by Crippen LogP contribution is 2.64. The Morgan fingerprint density at radius 2 is 1.73 bits per heavy atom. The number of amides is 4. The highest BCUT2D eigenvalue weighted by Gasteiger charge is 2.68. The maximum absolute atomic E-state index is 14.3. The van der Waals surface area contributed by atoms with Crippen molar-refractivity contribution >= 4 is 40.9 Å². The molecule has 6 atom stereocenters. The summed E-state index contributed by atoms with van der Waals surface area (Å²) in [6.45, 7) is 7.23. The maximum atomic E-state index is 14.3. The average Bonchev–Trinajstić information content (AvgIpc) is 3.25. The van der Waals surface area contributed by atoms with Crippen molar-refractivity contribution in [2.24, 2.45) is 29.1 Å². The molecule has 1 saturated carbocycles. The van der Waals surface area contributed by atoms with Gasteiger partial charge in [-0.15, -0.1) is 0 Å². The lowest BCUT2D eigenvalue weighted by Crippen LogP contribution is -2.49. The van der Waals surface area contributed by atoms with Gasteiger partial charge in [-0.25, -0.2) is 9.29 Å². The third kappa shape index (κ3) is 3.54. The number of phenolic OH excluding ortho intramolecular Hbond substituents is 1. The molecule has 0 bridgehead atoms. The molecule has 0 spiro atoms. The molecule has 1 N–H and O–H groups in total. The van der Waals surface area contributed by atoms with Gasteiger partial charge in [0.1, 0.15) is 11.6 Å². The standard InChI is InChI=1S/C31H30ClFN2O5/c1-30(2,3)35-26(37)19-10-9-18-20(24(19)28(35)39)14-21-27(38)34(16-8-11-23(33)22(32)13-16)29(40)31(21,4)25(18)15-6-5-7-17(36)12-15/h5-9,11-13,19-21,24-25,36H,10,14H2,1-4H3. The molecule has 2 aliphatic heterocycles. The number of allylic oxidation sites excluding steroid dienone is 2. The van der Waals surface area contributed by atoms with Crippen LogP contribution in [0.1, 0.15) is 52.0 Å². The Bertz CT molecular complexity index is 1530. The van der Waals surface area contributed by atoms with Gasteiger partial charge in [0.05, 0.1) is 33.9 Å². The molecule has 2 heterocycles. The lowest BCUT2D eigenvalue weighted by atomic mass is 9.51. The van der Waals surface area contributed by atoms with E-state index in [2.05, 4.69) is 0 Å². The summed E-state index contributed by atoms with van der Waals surface area (Å²) in [7, 11) is 0. The summed E-state index contributed by atoms with van der Waals surface area (Å²) >= 11 is 6.02. The first-order valence-corrected chi connectivity index (χ1v) is 13.8. The van der Waals surface area contributed by atoms with Crippen molar-refractivity contribution in [3.05, 3.63) is 70.5 Å². The molecule has 2 saturated heterocycles. The molecule has 9 heteroatoms. The predicted octanol–water partition coefficient (Wildman–Crippen LogP) is 5.21. The zero-order chi connectivity index (χ0) is 28.9. The summed E-state index contributed by atoms with van der Waals surface area (Å²) in [6, 6.07) is 10.3. The third-order valence-corrected chi connectivity index (χ3v) is 9.60. The summed E-state index contributed by atoms with van der Waals surface area (Å²) in [5.74, 6) is -5.09. The minimum absolute atomic E-state index is 0.0130. The lowest BCUT2D eigenvalue weighted by molar-refractivity contribution is -0.145. The molecule has 0 radical (unpaired) electrons. The highest BCUT2D eigenvalue weighted by atomic mass is 35.5. The summed E-state index contributed by atoms with van der Waals surface area (Å²) in [5, 5.41) is 10.2. The lowest BCUT2D eigenvalue weighted by Gasteiger charge is -2.49. The number of phenols is 1. The van der Waals surface area contributed by atoms with Crippen LogP contribution >= 0.6 is 11.6 Å². The Kier molecular flexibility index (Phi) is 5.83. The molecular formula is C31H30ClFN2O5. The minimum atomic E-state index is -1.25. The minimum Gasteiger partial charge on any atom is -0.508 e. The Balaban J connectivity index is 1.52. The van der Waals surface area contributed by atoms with Gasteiger partial charge in [0.25, 0.3) is 0 Å². The van der Waals surface area contributed by atoms with Gasteiger partial charge < -0.3 is 5.11 Å². The zero-order valence-electron chi connectivity index (χ0n) is 22.7. The third-order valence-electron chi connectivity index (χ3n) is 9.31. The molecule has 4 amide bonds. The van der Waals surface area contributed by atoms with Crippen molar-refractivity contribution in [1.82, 2.24) is 4.90 Å². The van der Waals surface area contributed by atoms with E-state index in [1.54, 1.807) is 25.1 Å². The molecule has 4 aliphatic rings. The van der Waals surface area contributed by atoms with Crippen molar-refractivity contribution in [2.75, 3.05) is 4.90 Å². The Hall–Kier alpha value is -3.52. The molecule has 2 aromatic carbocycles. The van der Waals surface area contributed by atoms with Crippen LogP contribution in [0.15, 0.2) is 54.1 Å². The van der Waals surface area contributed by atoms with Crippen LogP contribution in [0, 0.1) is 34.9 Å². The Labute approximate surface area is 236 Å². The number of rotatable bonds is 2. The molecule has 7 nitrogen and oxygen atoms in total. The fourth-order valence-electron chi connectivity index (χ4n) is 7.63. The first-order chi connectivity index (χ1) is 18.8. The second-order valence-corrected chi connectivity index (χ2v) is 12.9. The van der Waals surface area contributed by atoms with Crippen molar-refractivity contribution in [3.8, 4) is 5.75 Å². The second-order valence-electron chi connectivity index (χ2n) is 12.5. The van der Waals surface area contributed by atoms with E-state index in [1.165, 1.54) is 23.1 Å². The van der Waals surface area contributed by atoms with Gasteiger partial charge >= 0.3 is 0 Å². The average molecular weight is 565 g/mol. The number of hydrogen-bond acceptors (Lipinski definition) is 5. The van der Waals surface area contributed by atoms with Crippen LogP contribution in [0.4, 0.5) is 10.1 Å². The summed E-state index contributed by atoms with van der Waals surface area (Å²) in [4.78, 5) is 58.1. The molecule has 6 rings (SSSR count). The van der Waals surface area contributed by atoms with Crippen molar-refractivity contribution in [3.63, 3.8) is 0 Å². The first kappa shape index (κ1) is 26.7. The second kappa shape index (κ2) is 8.74.